The molecule has 22 heavy (non-hydrogen) atoms. The van der Waals surface area contributed by atoms with Gasteiger partial charge in [0.1, 0.15) is 16.7 Å². The lowest BCUT2D eigenvalue weighted by Crippen LogP contribution is -2.22. The van der Waals surface area contributed by atoms with Crippen LogP contribution in [0.5, 0.6) is 0 Å². The van der Waals surface area contributed by atoms with Gasteiger partial charge in [0.15, 0.2) is 0 Å². The minimum atomic E-state index is -0.780. The van der Waals surface area contributed by atoms with E-state index in [-0.39, 0.29) is 5.91 Å². The number of aromatic nitrogens is 2. The van der Waals surface area contributed by atoms with Crippen molar-refractivity contribution in [3.8, 4) is 0 Å². The molecule has 0 aliphatic rings. The van der Waals surface area contributed by atoms with Crippen molar-refractivity contribution in [3.05, 3.63) is 56.6 Å². The van der Waals surface area contributed by atoms with Gasteiger partial charge in [-0.1, -0.05) is 4.49 Å². The van der Waals surface area contributed by atoms with Crippen molar-refractivity contribution < 1.29 is 14.3 Å². The number of hydrogen-bond acceptors (Lipinski definition) is 7. The Balaban J connectivity index is 1.63. The number of rotatable bonds is 5. The second-order valence-electron chi connectivity index (χ2n) is 4.59. The van der Waals surface area contributed by atoms with Crippen LogP contribution in [-0.2, 0) is 6.54 Å². The maximum atomic E-state index is 12.0. The molecule has 1 unspecified atom stereocenters. The van der Waals surface area contributed by atoms with E-state index in [0.717, 1.165) is 21.3 Å². The third-order valence-electron chi connectivity index (χ3n) is 3.05. The van der Waals surface area contributed by atoms with Crippen LogP contribution in [0.1, 0.15) is 37.0 Å². The molecule has 0 aliphatic heterocycles. The molecular weight excluding hydrogens is 322 g/mol. The van der Waals surface area contributed by atoms with Crippen LogP contribution in [0.15, 0.2) is 34.9 Å². The quantitative estimate of drug-likeness (QED) is 0.748. The minimum Gasteiger partial charge on any atom is -0.466 e. The van der Waals surface area contributed by atoms with Gasteiger partial charge in [-0.25, -0.2) is 0 Å². The second kappa shape index (κ2) is 6.39. The number of nitrogens with zero attached hydrogens (tertiary/aromatic N) is 2. The smallest absolute Gasteiger partial charge is 0.265 e. The monoisotopic (exact) mass is 335 g/mol. The number of aryl methyl sites for hydroxylation is 1. The summed E-state index contributed by atoms with van der Waals surface area (Å²) in [4.78, 5) is 14.2. The molecule has 2 N–H and O–H groups in total. The summed E-state index contributed by atoms with van der Waals surface area (Å²) in [5.41, 5.74) is 0.627. The summed E-state index contributed by atoms with van der Waals surface area (Å²) in [5, 5.41) is 16.8. The van der Waals surface area contributed by atoms with E-state index in [2.05, 4.69) is 14.9 Å². The zero-order valence-corrected chi connectivity index (χ0v) is 13.3. The van der Waals surface area contributed by atoms with Gasteiger partial charge in [0.05, 0.1) is 18.5 Å². The molecule has 0 saturated carbocycles. The Morgan fingerprint density at radius 2 is 2.32 bits per heavy atom. The molecule has 3 rings (SSSR count). The van der Waals surface area contributed by atoms with Crippen molar-refractivity contribution >= 4 is 28.8 Å². The average Bonchev–Trinajstić information content (AvgIpc) is 3.25. The topological polar surface area (TPSA) is 88.2 Å². The SMILES string of the molecule is Cc1nnsc1C(=O)NCc1ccc(C(O)c2ccco2)s1. The number of aliphatic hydroxyl groups is 1. The molecule has 0 radical (unpaired) electrons. The number of carbonyl (C=O) groups is 1. The Morgan fingerprint density at radius 3 is 3.00 bits per heavy atom. The summed E-state index contributed by atoms with van der Waals surface area (Å²) in [6.07, 6.45) is 0.746. The Labute approximate surface area is 134 Å². The first kappa shape index (κ1) is 14.9. The fourth-order valence-electron chi connectivity index (χ4n) is 1.91. The summed E-state index contributed by atoms with van der Waals surface area (Å²) >= 11 is 2.51. The van der Waals surface area contributed by atoms with E-state index in [9.17, 15) is 9.90 Å². The van der Waals surface area contributed by atoms with Crippen LogP contribution in [0.2, 0.25) is 0 Å². The largest absolute Gasteiger partial charge is 0.466 e. The van der Waals surface area contributed by atoms with Gasteiger partial charge >= 0.3 is 0 Å². The van der Waals surface area contributed by atoms with E-state index >= 15 is 0 Å². The van der Waals surface area contributed by atoms with Crippen molar-refractivity contribution in [2.24, 2.45) is 0 Å². The van der Waals surface area contributed by atoms with E-state index in [0.29, 0.717) is 22.9 Å². The predicted molar refractivity (Wildman–Crippen MR) is 82.9 cm³/mol. The second-order valence-corrected chi connectivity index (χ2v) is 6.55. The molecule has 6 nitrogen and oxygen atoms in total. The number of carbonyl (C=O) groups excluding carboxylic acids is 1. The van der Waals surface area contributed by atoms with E-state index < -0.39 is 6.10 Å². The van der Waals surface area contributed by atoms with Gasteiger partial charge in [0.25, 0.3) is 5.91 Å². The van der Waals surface area contributed by atoms with Crippen molar-refractivity contribution in [2.75, 3.05) is 0 Å². The highest BCUT2D eigenvalue weighted by Crippen LogP contribution is 2.28. The zero-order chi connectivity index (χ0) is 15.5. The van der Waals surface area contributed by atoms with Gasteiger partial charge in [-0.05, 0) is 42.7 Å². The van der Waals surface area contributed by atoms with Gasteiger partial charge in [-0.3, -0.25) is 4.79 Å². The van der Waals surface area contributed by atoms with Crippen molar-refractivity contribution in [1.29, 1.82) is 0 Å². The molecule has 0 bridgehead atoms. The lowest BCUT2D eigenvalue weighted by atomic mass is 10.2. The summed E-state index contributed by atoms with van der Waals surface area (Å²) in [6.45, 7) is 2.15. The number of nitrogens with one attached hydrogen (secondary N) is 1. The van der Waals surface area contributed by atoms with Crippen LogP contribution < -0.4 is 5.32 Å². The van der Waals surface area contributed by atoms with Gasteiger partial charge in [-0.2, -0.15) is 0 Å². The van der Waals surface area contributed by atoms with Crippen LogP contribution >= 0.6 is 22.9 Å². The van der Waals surface area contributed by atoms with Crippen LogP contribution in [0.3, 0.4) is 0 Å². The Morgan fingerprint density at radius 1 is 1.45 bits per heavy atom. The number of aliphatic hydroxyl groups excluding tert-OH is 1. The molecular formula is C14H13N3O3S2. The molecule has 1 atom stereocenters. The standard InChI is InChI=1S/C14H13N3O3S2/c1-8-13(22-17-16-8)14(19)15-7-9-4-5-11(21-9)12(18)10-3-2-6-20-10/h2-6,12,18H,7H2,1H3,(H,15,19). The Kier molecular flexibility index (Phi) is 4.32. The molecule has 114 valence electrons. The Bertz CT molecular complexity index is 764. The van der Waals surface area contributed by atoms with Crippen molar-refractivity contribution in [1.82, 2.24) is 14.9 Å². The predicted octanol–water partition coefficient (Wildman–Crippen LogP) is 2.51. The molecule has 3 aromatic rings. The van der Waals surface area contributed by atoms with Crippen molar-refractivity contribution in [2.45, 2.75) is 19.6 Å². The highest BCUT2D eigenvalue weighted by molar-refractivity contribution is 7.12. The fourth-order valence-corrected chi connectivity index (χ4v) is 3.43. The summed E-state index contributed by atoms with van der Waals surface area (Å²) in [5.74, 6) is 0.317. The van der Waals surface area contributed by atoms with Crippen molar-refractivity contribution in [3.63, 3.8) is 0 Å². The van der Waals surface area contributed by atoms with Crippen LogP contribution in [0.4, 0.5) is 0 Å². The van der Waals surface area contributed by atoms with Gasteiger partial charge < -0.3 is 14.8 Å². The molecule has 0 aromatic carbocycles. The fraction of sp³-hybridized carbons (Fsp3) is 0.214. The Hall–Kier alpha value is -2.03. The molecule has 1 amide bonds. The molecule has 0 fully saturated rings. The third kappa shape index (κ3) is 3.08. The molecule has 3 aromatic heterocycles. The van der Waals surface area contributed by atoms with E-state index in [1.807, 2.05) is 12.1 Å². The van der Waals surface area contributed by atoms with Crippen LogP contribution in [0, 0.1) is 6.92 Å². The number of furan rings is 1. The molecule has 0 aliphatic carbocycles. The van der Waals surface area contributed by atoms with Gasteiger partial charge in [0, 0.05) is 9.75 Å². The maximum absolute atomic E-state index is 12.0. The minimum absolute atomic E-state index is 0.186. The highest BCUT2D eigenvalue weighted by Gasteiger charge is 2.16. The normalized spacial score (nSPS) is 12.3. The van der Waals surface area contributed by atoms with Gasteiger partial charge in [0.2, 0.25) is 0 Å². The zero-order valence-electron chi connectivity index (χ0n) is 11.6. The van der Waals surface area contributed by atoms with Crippen LogP contribution in [0.25, 0.3) is 0 Å². The lowest BCUT2D eigenvalue weighted by Gasteiger charge is -2.04. The summed E-state index contributed by atoms with van der Waals surface area (Å²) < 4.78 is 8.94. The highest BCUT2D eigenvalue weighted by atomic mass is 32.1. The number of amides is 1. The first-order valence-corrected chi connectivity index (χ1v) is 8.11. The molecule has 0 saturated heterocycles. The number of thiophene rings is 1. The average molecular weight is 335 g/mol. The summed E-state index contributed by atoms with van der Waals surface area (Å²) in [6, 6.07) is 7.17. The van der Waals surface area contributed by atoms with Gasteiger partial charge in [-0.15, -0.1) is 16.4 Å². The molecule has 3 heterocycles. The molecule has 8 heteroatoms. The van der Waals surface area contributed by atoms with E-state index in [1.165, 1.54) is 17.6 Å². The lowest BCUT2D eigenvalue weighted by molar-refractivity contribution is 0.0954. The van der Waals surface area contributed by atoms with E-state index in [4.69, 9.17) is 4.42 Å². The van der Waals surface area contributed by atoms with E-state index in [1.54, 1.807) is 19.1 Å². The maximum Gasteiger partial charge on any atom is 0.265 e. The number of hydrogen-bond donors (Lipinski definition) is 2. The molecule has 0 spiro atoms. The summed E-state index contributed by atoms with van der Waals surface area (Å²) in [7, 11) is 0. The van der Waals surface area contributed by atoms with Crippen LogP contribution in [-0.4, -0.2) is 20.6 Å². The first-order valence-electron chi connectivity index (χ1n) is 6.52. The first-order chi connectivity index (χ1) is 10.6. The third-order valence-corrected chi connectivity index (χ3v) is 5.01.